The van der Waals surface area contributed by atoms with Gasteiger partial charge in [0.2, 0.25) is 23.6 Å². The summed E-state index contributed by atoms with van der Waals surface area (Å²) < 4.78 is 5.00. The van der Waals surface area contributed by atoms with Gasteiger partial charge in [0.1, 0.15) is 5.54 Å². The summed E-state index contributed by atoms with van der Waals surface area (Å²) in [6, 6.07) is 8.61. The maximum atomic E-state index is 13.9. The lowest BCUT2D eigenvalue weighted by Gasteiger charge is -2.29. The van der Waals surface area contributed by atoms with Gasteiger partial charge in [-0.15, -0.1) is 0 Å². The van der Waals surface area contributed by atoms with E-state index >= 15 is 0 Å². The topological polar surface area (TPSA) is 148 Å². The van der Waals surface area contributed by atoms with E-state index in [2.05, 4.69) is 10.6 Å². The minimum Gasteiger partial charge on any atom is -0.462 e. The molecule has 2 aromatic carbocycles. The van der Waals surface area contributed by atoms with Crippen molar-refractivity contribution in [3.8, 4) is 0 Å². The number of carbonyl (C=O) groups excluding carboxylic acids is 5. The number of benzene rings is 2. The number of hydrogen-bond acceptors (Lipinski definition) is 7. The van der Waals surface area contributed by atoms with Gasteiger partial charge in [0.15, 0.2) is 0 Å². The summed E-state index contributed by atoms with van der Waals surface area (Å²) in [5.41, 5.74) is 6.06. The number of nitrogens with one attached hydrogen (secondary N) is 2. The van der Waals surface area contributed by atoms with Crippen molar-refractivity contribution in [2.45, 2.75) is 38.3 Å². The van der Waals surface area contributed by atoms with Crippen molar-refractivity contribution in [3.63, 3.8) is 0 Å². The summed E-state index contributed by atoms with van der Waals surface area (Å²) in [4.78, 5) is 66.0. The number of fused-ring (bicyclic) bond motifs is 4. The van der Waals surface area contributed by atoms with E-state index in [9.17, 15) is 24.0 Å². The van der Waals surface area contributed by atoms with Crippen LogP contribution in [0, 0.1) is 18.8 Å². The Labute approximate surface area is 217 Å². The number of anilines is 2. The Balaban J connectivity index is 1.59. The van der Waals surface area contributed by atoms with E-state index in [1.807, 2.05) is 0 Å². The van der Waals surface area contributed by atoms with Crippen molar-refractivity contribution in [1.82, 2.24) is 5.32 Å². The van der Waals surface area contributed by atoms with Crippen LogP contribution in [0.1, 0.15) is 41.3 Å². The molecule has 2 fully saturated rings. The summed E-state index contributed by atoms with van der Waals surface area (Å²) in [6.45, 7) is 3.66. The summed E-state index contributed by atoms with van der Waals surface area (Å²) in [5, 5.41) is 6.56. The Hall–Kier alpha value is -3.76. The average molecular weight is 525 g/mol. The second-order valence-corrected chi connectivity index (χ2v) is 9.80. The van der Waals surface area contributed by atoms with Gasteiger partial charge >= 0.3 is 5.97 Å². The van der Waals surface area contributed by atoms with Crippen LogP contribution in [0.5, 0.6) is 0 Å². The smallest absolute Gasteiger partial charge is 0.338 e. The van der Waals surface area contributed by atoms with Gasteiger partial charge in [0.05, 0.1) is 35.4 Å². The second-order valence-electron chi connectivity index (χ2n) is 9.40. The predicted octanol–water partition coefficient (Wildman–Crippen LogP) is 2.02. The van der Waals surface area contributed by atoms with Crippen LogP contribution in [0.25, 0.3) is 0 Å². The molecule has 0 bridgehead atoms. The maximum Gasteiger partial charge on any atom is 0.338 e. The van der Waals surface area contributed by atoms with Crippen LogP contribution in [0.4, 0.5) is 11.4 Å². The van der Waals surface area contributed by atoms with E-state index < -0.39 is 53.0 Å². The van der Waals surface area contributed by atoms with Crippen LogP contribution in [0.15, 0.2) is 36.4 Å². The van der Waals surface area contributed by atoms with Crippen LogP contribution < -0.4 is 21.3 Å². The van der Waals surface area contributed by atoms with E-state index in [-0.39, 0.29) is 30.7 Å². The molecule has 11 heteroatoms. The molecule has 5 rings (SSSR count). The number of imide groups is 1. The van der Waals surface area contributed by atoms with Crippen LogP contribution in [-0.2, 0) is 29.5 Å². The number of carbonyl (C=O) groups is 5. The summed E-state index contributed by atoms with van der Waals surface area (Å²) >= 11 is 6.28. The predicted molar refractivity (Wildman–Crippen MR) is 134 cm³/mol. The lowest BCUT2D eigenvalue weighted by molar-refractivity contribution is -0.130. The van der Waals surface area contributed by atoms with Gasteiger partial charge in [-0.05, 0) is 56.2 Å². The lowest BCUT2D eigenvalue weighted by Crippen LogP contribution is -2.53. The van der Waals surface area contributed by atoms with E-state index in [1.165, 1.54) is 24.3 Å². The van der Waals surface area contributed by atoms with E-state index in [4.69, 9.17) is 22.1 Å². The highest BCUT2D eigenvalue weighted by atomic mass is 35.5. The van der Waals surface area contributed by atoms with Crippen molar-refractivity contribution in [3.05, 3.63) is 58.1 Å². The SMILES string of the molecule is CCOC(=O)c1ccc(N2C(=O)[C@@H]3C(CCC(N)=O)NC4(C(=O)Nc5c4ccc(Cl)c5C)[C@@H]3C2=O)cc1. The monoisotopic (exact) mass is 524 g/mol. The van der Waals surface area contributed by atoms with Gasteiger partial charge in [-0.3, -0.25) is 24.5 Å². The van der Waals surface area contributed by atoms with Crippen LogP contribution >= 0.6 is 11.6 Å². The van der Waals surface area contributed by atoms with Gasteiger partial charge < -0.3 is 15.8 Å². The number of ether oxygens (including phenoxy) is 1. The molecule has 3 aliphatic rings. The first kappa shape index (κ1) is 24.9. The summed E-state index contributed by atoms with van der Waals surface area (Å²) in [6.07, 6.45) is 0.142. The quantitative estimate of drug-likeness (QED) is 0.386. The Morgan fingerprint density at radius 2 is 1.81 bits per heavy atom. The number of nitrogens with two attached hydrogens (primary N) is 1. The molecule has 37 heavy (non-hydrogen) atoms. The van der Waals surface area contributed by atoms with Crippen molar-refractivity contribution >= 4 is 52.6 Å². The second kappa shape index (κ2) is 8.97. The van der Waals surface area contributed by atoms with Gasteiger partial charge in [-0.1, -0.05) is 17.7 Å². The molecule has 2 aromatic rings. The molecular formula is C26H25ClN4O6. The first-order valence-electron chi connectivity index (χ1n) is 11.9. The zero-order chi connectivity index (χ0) is 26.6. The Bertz CT molecular complexity index is 1360. The molecule has 2 saturated heterocycles. The van der Waals surface area contributed by atoms with Crippen LogP contribution in [-0.4, -0.2) is 42.2 Å². The minimum atomic E-state index is -1.52. The largest absolute Gasteiger partial charge is 0.462 e. The van der Waals surface area contributed by atoms with Crippen LogP contribution in [0.3, 0.4) is 0 Å². The van der Waals surface area contributed by atoms with Gasteiger partial charge in [-0.2, -0.15) is 0 Å². The van der Waals surface area contributed by atoms with Gasteiger partial charge in [-0.25, -0.2) is 9.69 Å². The number of esters is 1. The number of hydrogen-bond donors (Lipinski definition) is 3. The molecule has 10 nitrogen and oxygen atoms in total. The average Bonchev–Trinajstić information content (AvgIpc) is 3.45. The van der Waals surface area contributed by atoms with E-state index in [0.29, 0.717) is 21.8 Å². The molecule has 3 aliphatic heterocycles. The number of rotatable bonds is 6. The highest BCUT2D eigenvalue weighted by molar-refractivity contribution is 6.32. The molecule has 3 heterocycles. The highest BCUT2D eigenvalue weighted by Crippen LogP contribution is 2.55. The minimum absolute atomic E-state index is 0.0270. The lowest BCUT2D eigenvalue weighted by atomic mass is 9.76. The standard InChI is InChI=1S/C26H25ClN4O6/c1-3-37-24(35)13-4-6-14(7-5-13)31-22(33)19-17(10-11-18(28)32)30-26(20(19)23(31)34)15-8-9-16(27)12(2)21(15)29-25(26)36/h4-9,17,19-20,30H,3,10-11H2,1-2H3,(H2,28,32)(H,29,36)/t17?,19-,20+,26?/m1/s1. The van der Waals surface area contributed by atoms with Gasteiger partial charge in [0.25, 0.3) is 0 Å². The molecule has 0 aromatic heterocycles. The molecular weight excluding hydrogens is 500 g/mol. The zero-order valence-corrected chi connectivity index (χ0v) is 20.9. The van der Waals surface area contributed by atoms with Crippen molar-refractivity contribution in [2.75, 3.05) is 16.8 Å². The fraction of sp³-hybridized carbons (Fsp3) is 0.346. The Morgan fingerprint density at radius 3 is 2.46 bits per heavy atom. The third kappa shape index (κ3) is 3.62. The zero-order valence-electron chi connectivity index (χ0n) is 20.2. The first-order valence-corrected chi connectivity index (χ1v) is 12.3. The number of primary amides is 1. The summed E-state index contributed by atoms with van der Waals surface area (Å²) in [5.74, 6) is -4.57. The third-order valence-corrected chi connectivity index (χ3v) is 7.83. The van der Waals surface area contributed by atoms with E-state index in [0.717, 1.165) is 4.90 Å². The molecule has 4 N–H and O–H groups in total. The number of nitrogens with zero attached hydrogens (tertiary/aromatic N) is 1. The van der Waals surface area contributed by atoms with Crippen LogP contribution in [0.2, 0.25) is 5.02 Å². The molecule has 192 valence electrons. The molecule has 1 spiro atoms. The number of halogens is 1. The summed E-state index contributed by atoms with van der Waals surface area (Å²) in [7, 11) is 0. The van der Waals surface area contributed by atoms with E-state index in [1.54, 1.807) is 26.0 Å². The molecule has 0 radical (unpaired) electrons. The molecule has 4 amide bonds. The Morgan fingerprint density at radius 1 is 1.11 bits per heavy atom. The van der Waals surface area contributed by atoms with Gasteiger partial charge in [0, 0.05) is 23.0 Å². The fourth-order valence-electron chi connectivity index (χ4n) is 5.75. The maximum absolute atomic E-state index is 13.9. The normalized spacial score (nSPS) is 25.9. The number of amides is 4. The molecule has 0 saturated carbocycles. The first-order chi connectivity index (χ1) is 17.6. The molecule has 4 atom stereocenters. The van der Waals surface area contributed by atoms with Crippen molar-refractivity contribution < 1.29 is 28.7 Å². The fourth-order valence-corrected chi connectivity index (χ4v) is 5.91. The third-order valence-electron chi connectivity index (χ3n) is 7.42. The molecule has 2 unspecified atom stereocenters. The highest BCUT2D eigenvalue weighted by Gasteiger charge is 2.70. The molecule has 0 aliphatic carbocycles. The Kier molecular flexibility index (Phi) is 6.04. The van der Waals surface area contributed by atoms with Crippen molar-refractivity contribution in [2.24, 2.45) is 17.6 Å². The van der Waals surface area contributed by atoms with Crippen molar-refractivity contribution in [1.29, 1.82) is 0 Å².